The van der Waals surface area contributed by atoms with Crippen molar-refractivity contribution in [2.24, 2.45) is 5.92 Å². The van der Waals surface area contributed by atoms with Crippen molar-refractivity contribution in [1.82, 2.24) is 10.2 Å². The third kappa shape index (κ3) is 4.85. The zero-order valence-corrected chi connectivity index (χ0v) is 14.6. The van der Waals surface area contributed by atoms with Crippen LogP contribution in [0.5, 0.6) is 0 Å². The van der Waals surface area contributed by atoms with Crippen LogP contribution in [0.25, 0.3) is 0 Å². The second-order valence-electron chi connectivity index (χ2n) is 6.05. The summed E-state index contributed by atoms with van der Waals surface area (Å²) in [5.74, 6) is 0.741. The van der Waals surface area contributed by atoms with Gasteiger partial charge >= 0.3 is 0 Å². The SMILES string of the molecule is CCCN(CC1CCCNC1)C(C)c1cc(Cl)ccc1Cl. The number of hydrogen-bond donors (Lipinski definition) is 1. The largest absolute Gasteiger partial charge is 0.316 e. The summed E-state index contributed by atoms with van der Waals surface area (Å²) in [6.07, 6.45) is 3.77. The average molecular weight is 329 g/mol. The van der Waals surface area contributed by atoms with Gasteiger partial charge in [-0.05, 0) is 75.5 Å². The quantitative estimate of drug-likeness (QED) is 0.809. The van der Waals surface area contributed by atoms with Crippen molar-refractivity contribution in [1.29, 1.82) is 0 Å². The first-order valence-electron chi connectivity index (χ1n) is 8.01. The highest BCUT2D eigenvalue weighted by Crippen LogP contribution is 2.31. The van der Waals surface area contributed by atoms with Crippen LogP contribution in [0.4, 0.5) is 0 Å². The molecular formula is C17H26Cl2N2. The molecule has 1 fully saturated rings. The lowest BCUT2D eigenvalue weighted by Crippen LogP contribution is -2.39. The Morgan fingerprint density at radius 1 is 1.38 bits per heavy atom. The van der Waals surface area contributed by atoms with Crippen molar-refractivity contribution in [2.75, 3.05) is 26.2 Å². The first-order chi connectivity index (χ1) is 10.1. The second-order valence-corrected chi connectivity index (χ2v) is 6.89. The molecule has 2 nitrogen and oxygen atoms in total. The van der Waals surface area contributed by atoms with Crippen molar-refractivity contribution in [3.05, 3.63) is 33.8 Å². The molecule has 1 aliphatic heterocycles. The monoisotopic (exact) mass is 328 g/mol. The van der Waals surface area contributed by atoms with Crippen molar-refractivity contribution >= 4 is 23.2 Å². The zero-order chi connectivity index (χ0) is 15.2. The number of nitrogens with one attached hydrogen (secondary N) is 1. The van der Waals surface area contributed by atoms with Gasteiger partial charge in [-0.15, -0.1) is 0 Å². The molecule has 0 saturated carbocycles. The maximum atomic E-state index is 6.38. The molecule has 4 heteroatoms. The van der Waals surface area contributed by atoms with Gasteiger partial charge in [0, 0.05) is 22.6 Å². The Bertz CT molecular complexity index is 444. The topological polar surface area (TPSA) is 15.3 Å². The molecule has 0 radical (unpaired) electrons. The fourth-order valence-corrected chi connectivity index (χ4v) is 3.63. The van der Waals surface area contributed by atoms with E-state index < -0.39 is 0 Å². The van der Waals surface area contributed by atoms with Gasteiger partial charge in [0.05, 0.1) is 0 Å². The molecule has 21 heavy (non-hydrogen) atoms. The number of rotatable bonds is 6. The Labute approximate surface area is 138 Å². The van der Waals surface area contributed by atoms with E-state index >= 15 is 0 Å². The normalized spacial score (nSPS) is 20.7. The lowest BCUT2D eigenvalue weighted by atomic mass is 9.97. The number of benzene rings is 1. The number of halogens is 2. The maximum absolute atomic E-state index is 6.38. The van der Waals surface area contributed by atoms with Crippen LogP contribution in [0.3, 0.4) is 0 Å². The lowest BCUT2D eigenvalue weighted by molar-refractivity contribution is 0.163. The molecule has 1 aromatic rings. The number of piperidine rings is 1. The van der Waals surface area contributed by atoms with Gasteiger partial charge in [0.25, 0.3) is 0 Å². The van der Waals surface area contributed by atoms with E-state index in [2.05, 4.69) is 24.1 Å². The molecule has 2 rings (SSSR count). The molecule has 2 atom stereocenters. The third-order valence-electron chi connectivity index (χ3n) is 4.36. The van der Waals surface area contributed by atoms with Crippen LogP contribution >= 0.6 is 23.2 Å². The van der Waals surface area contributed by atoms with Crippen LogP contribution < -0.4 is 5.32 Å². The molecule has 0 aromatic heterocycles. The maximum Gasteiger partial charge on any atom is 0.0454 e. The summed E-state index contributed by atoms with van der Waals surface area (Å²) >= 11 is 12.5. The van der Waals surface area contributed by atoms with Crippen molar-refractivity contribution in [3.63, 3.8) is 0 Å². The first kappa shape index (κ1) is 17.1. The van der Waals surface area contributed by atoms with Gasteiger partial charge in [-0.2, -0.15) is 0 Å². The summed E-state index contributed by atoms with van der Waals surface area (Å²) in [6, 6.07) is 6.08. The minimum absolute atomic E-state index is 0.304. The predicted octanol–water partition coefficient (Wildman–Crippen LogP) is 4.77. The fraction of sp³-hybridized carbons (Fsp3) is 0.647. The molecule has 0 aliphatic carbocycles. The number of hydrogen-bond acceptors (Lipinski definition) is 2. The van der Waals surface area contributed by atoms with E-state index in [-0.39, 0.29) is 0 Å². The molecular weight excluding hydrogens is 303 g/mol. The molecule has 0 bridgehead atoms. The van der Waals surface area contributed by atoms with Gasteiger partial charge in [-0.3, -0.25) is 4.90 Å². The summed E-state index contributed by atoms with van der Waals surface area (Å²) in [5.41, 5.74) is 1.14. The second kappa shape index (κ2) is 8.38. The summed E-state index contributed by atoms with van der Waals surface area (Å²) < 4.78 is 0. The van der Waals surface area contributed by atoms with Crippen LogP contribution in [-0.2, 0) is 0 Å². The van der Waals surface area contributed by atoms with E-state index in [0.29, 0.717) is 6.04 Å². The third-order valence-corrected chi connectivity index (χ3v) is 4.94. The van der Waals surface area contributed by atoms with Crippen molar-refractivity contribution in [2.45, 2.75) is 39.2 Å². The van der Waals surface area contributed by atoms with Crippen molar-refractivity contribution in [3.8, 4) is 0 Å². The van der Waals surface area contributed by atoms with Crippen molar-refractivity contribution < 1.29 is 0 Å². The Morgan fingerprint density at radius 2 is 2.19 bits per heavy atom. The number of nitrogens with zero attached hydrogens (tertiary/aromatic N) is 1. The minimum atomic E-state index is 0.304. The van der Waals surface area contributed by atoms with E-state index in [4.69, 9.17) is 23.2 Å². The average Bonchev–Trinajstić information content (AvgIpc) is 2.49. The fourth-order valence-electron chi connectivity index (χ4n) is 3.17. The van der Waals surface area contributed by atoms with Gasteiger partial charge in [-0.1, -0.05) is 30.1 Å². The molecule has 2 unspecified atom stereocenters. The molecule has 1 aromatic carbocycles. The summed E-state index contributed by atoms with van der Waals surface area (Å²) in [7, 11) is 0. The summed E-state index contributed by atoms with van der Waals surface area (Å²) in [6.45, 7) is 9.00. The highest BCUT2D eigenvalue weighted by atomic mass is 35.5. The Hall–Kier alpha value is -0.280. The van der Waals surface area contributed by atoms with Crippen LogP contribution in [0.15, 0.2) is 18.2 Å². The Balaban J connectivity index is 2.10. The highest BCUT2D eigenvalue weighted by Gasteiger charge is 2.22. The van der Waals surface area contributed by atoms with E-state index in [9.17, 15) is 0 Å². The molecule has 1 heterocycles. The molecule has 118 valence electrons. The van der Waals surface area contributed by atoms with Crippen LogP contribution in [0.2, 0.25) is 10.0 Å². The standard InChI is InChI=1S/C17H26Cl2N2/c1-3-9-21(12-14-5-4-8-20-11-14)13(2)16-10-15(18)6-7-17(16)19/h6-7,10,13-14,20H,3-5,8-9,11-12H2,1-2H3. The minimum Gasteiger partial charge on any atom is -0.316 e. The van der Waals surface area contributed by atoms with Gasteiger partial charge in [0.1, 0.15) is 0 Å². The van der Waals surface area contributed by atoms with Gasteiger partial charge < -0.3 is 5.32 Å². The summed E-state index contributed by atoms with van der Waals surface area (Å²) in [5, 5.41) is 5.08. The predicted molar refractivity (Wildman–Crippen MR) is 92.3 cm³/mol. The van der Waals surface area contributed by atoms with E-state index in [1.807, 2.05) is 18.2 Å². The summed E-state index contributed by atoms with van der Waals surface area (Å²) in [4.78, 5) is 2.55. The molecule has 0 amide bonds. The van der Waals surface area contributed by atoms with Gasteiger partial charge in [-0.25, -0.2) is 0 Å². The van der Waals surface area contributed by atoms with Crippen LogP contribution in [0, 0.1) is 5.92 Å². The van der Waals surface area contributed by atoms with E-state index in [1.165, 1.54) is 19.4 Å². The van der Waals surface area contributed by atoms with Gasteiger partial charge in [0.15, 0.2) is 0 Å². The molecule has 1 aliphatic rings. The Morgan fingerprint density at radius 3 is 2.86 bits per heavy atom. The smallest absolute Gasteiger partial charge is 0.0454 e. The zero-order valence-electron chi connectivity index (χ0n) is 13.0. The van der Waals surface area contributed by atoms with E-state index in [0.717, 1.165) is 47.6 Å². The Kier molecular flexibility index (Phi) is 6.81. The lowest BCUT2D eigenvalue weighted by Gasteiger charge is -2.34. The highest BCUT2D eigenvalue weighted by molar-refractivity contribution is 6.33. The van der Waals surface area contributed by atoms with E-state index in [1.54, 1.807) is 0 Å². The first-order valence-corrected chi connectivity index (χ1v) is 8.77. The van der Waals surface area contributed by atoms with Crippen LogP contribution in [0.1, 0.15) is 44.7 Å². The van der Waals surface area contributed by atoms with Crippen LogP contribution in [-0.4, -0.2) is 31.1 Å². The molecule has 1 saturated heterocycles. The molecule has 0 spiro atoms. The van der Waals surface area contributed by atoms with Gasteiger partial charge in [0.2, 0.25) is 0 Å². The molecule has 1 N–H and O–H groups in total.